The topological polar surface area (TPSA) is 0 Å². The van der Waals surface area contributed by atoms with Gasteiger partial charge in [0.05, 0.1) is 0 Å². The molecule has 0 aliphatic heterocycles. The molecule has 5 radical (unpaired) electrons. The molecular formula is CoMnNaNiS. The second-order valence-corrected chi connectivity index (χ2v) is 0. The summed E-state index contributed by atoms with van der Waals surface area (Å²) in [6.07, 6.45) is 0. The summed E-state index contributed by atoms with van der Waals surface area (Å²) in [5.41, 5.74) is 0. The predicted octanol–water partition coefficient (Wildman–Crippen LogP) is 0.260. The third kappa shape index (κ3) is 19.8. The zero-order chi connectivity index (χ0) is 0. The summed E-state index contributed by atoms with van der Waals surface area (Å²) in [5, 5.41) is 0. The minimum absolute atomic E-state index is 0. The van der Waals surface area contributed by atoms with Crippen molar-refractivity contribution in [1.29, 1.82) is 0 Å². The third-order valence-corrected chi connectivity index (χ3v) is 0. The monoisotopic (exact) mass is 227 g/mol. The molecule has 0 aliphatic carbocycles. The molecule has 0 nitrogen and oxygen atoms in total. The molecule has 0 bridgehead atoms. The van der Waals surface area contributed by atoms with Crippen LogP contribution in [0, 0.1) is 0 Å². The summed E-state index contributed by atoms with van der Waals surface area (Å²) in [5.74, 6) is 0. The van der Waals surface area contributed by atoms with E-state index in [1.54, 1.807) is 0 Å². The molecule has 5 heavy (non-hydrogen) atoms. The van der Waals surface area contributed by atoms with Crippen molar-refractivity contribution < 1.29 is 50.3 Å². The first-order valence-corrected chi connectivity index (χ1v) is 0. The van der Waals surface area contributed by atoms with Crippen LogP contribution in [0.2, 0.25) is 0 Å². The van der Waals surface area contributed by atoms with Crippen molar-refractivity contribution in [2.75, 3.05) is 0 Å². The molecule has 0 aliphatic rings. The van der Waals surface area contributed by atoms with Gasteiger partial charge in [-0.1, -0.05) is 0 Å². The molecule has 0 saturated carbocycles. The average molecular weight is 228 g/mol. The maximum Gasteiger partial charge on any atom is 0 e. The van der Waals surface area contributed by atoms with Gasteiger partial charge in [-0.3, -0.25) is 0 Å². The molecule has 0 aromatic rings. The van der Waals surface area contributed by atoms with Gasteiger partial charge in [-0.25, -0.2) is 0 Å². The van der Waals surface area contributed by atoms with Crippen LogP contribution >= 0.6 is 13.5 Å². The summed E-state index contributed by atoms with van der Waals surface area (Å²) >= 11 is 0. The van der Waals surface area contributed by atoms with Gasteiger partial charge in [0.15, 0.2) is 0 Å². The van der Waals surface area contributed by atoms with Crippen LogP contribution < -0.4 is 0 Å². The molecule has 0 fully saturated rings. The fraction of sp³-hybridized carbons (Fsp3) is 0. The largest absolute Gasteiger partial charge is 0 e. The van der Waals surface area contributed by atoms with Gasteiger partial charge in [-0.2, -0.15) is 0 Å². The van der Waals surface area contributed by atoms with Crippen molar-refractivity contribution >= 4 is 43.1 Å². The van der Waals surface area contributed by atoms with Gasteiger partial charge in [0, 0.05) is 93.4 Å². The second kappa shape index (κ2) is 28.7. The Bertz CT molecular complexity index is 11.6. The third-order valence-electron chi connectivity index (χ3n) is 0. The summed E-state index contributed by atoms with van der Waals surface area (Å²) in [6.45, 7) is 0. The van der Waals surface area contributed by atoms with Crippen molar-refractivity contribution in [3.05, 3.63) is 0 Å². The average Bonchev–Trinajstić information content (AvgIpc) is 0. The SMILES string of the molecule is [Co].[Mn].[Na].[Ni].[S]. The van der Waals surface area contributed by atoms with E-state index in [9.17, 15) is 0 Å². The number of hydrogen-bond acceptors (Lipinski definition) is 0. The van der Waals surface area contributed by atoms with Crippen molar-refractivity contribution in [2.24, 2.45) is 0 Å². The minimum atomic E-state index is 0. The Kier molecular flexibility index (Phi) is 259. The smallest absolute Gasteiger partial charge is 0 e. The molecule has 0 heterocycles. The fourth-order valence-corrected chi connectivity index (χ4v) is 0. The van der Waals surface area contributed by atoms with Crippen molar-refractivity contribution in [3.8, 4) is 0 Å². The van der Waals surface area contributed by atoms with Gasteiger partial charge < -0.3 is 0 Å². The molecule has 5 heteroatoms. The zero-order valence-corrected chi connectivity index (χ0v) is 8.46. The van der Waals surface area contributed by atoms with Crippen LogP contribution in [-0.2, 0) is 50.3 Å². The van der Waals surface area contributed by atoms with Crippen LogP contribution in [-0.4, -0.2) is 29.6 Å². The van der Waals surface area contributed by atoms with E-state index < -0.39 is 0 Å². The first-order chi connectivity index (χ1) is 0. The summed E-state index contributed by atoms with van der Waals surface area (Å²) in [7, 11) is 0. The van der Waals surface area contributed by atoms with Crippen molar-refractivity contribution in [1.82, 2.24) is 0 Å². The van der Waals surface area contributed by atoms with E-state index in [0.717, 1.165) is 0 Å². The number of hydrogen-bond donors (Lipinski definition) is 0. The Morgan fingerprint density at radius 1 is 1.00 bits per heavy atom. The van der Waals surface area contributed by atoms with Gasteiger partial charge in [-0.15, -0.1) is 0 Å². The molecule has 33 valence electrons. The maximum absolute atomic E-state index is 0. The molecule has 0 aromatic heterocycles. The Morgan fingerprint density at radius 2 is 1.00 bits per heavy atom. The maximum atomic E-state index is 0. The standard InChI is InChI=1S/Co.Mn.Na.Ni.S. The Balaban J connectivity index is 0. The van der Waals surface area contributed by atoms with Crippen LogP contribution in [0.1, 0.15) is 0 Å². The fourth-order valence-electron chi connectivity index (χ4n) is 0. The van der Waals surface area contributed by atoms with Crippen LogP contribution in [0.25, 0.3) is 0 Å². The molecule has 0 amide bonds. The van der Waals surface area contributed by atoms with Crippen LogP contribution in [0.4, 0.5) is 0 Å². The first-order valence-electron chi connectivity index (χ1n) is 0. The van der Waals surface area contributed by atoms with Gasteiger partial charge in [-0.05, 0) is 0 Å². The predicted molar refractivity (Wildman–Crippen MR) is 13.3 cm³/mol. The van der Waals surface area contributed by atoms with E-state index in [2.05, 4.69) is 0 Å². The van der Waals surface area contributed by atoms with Crippen LogP contribution in [0.3, 0.4) is 0 Å². The van der Waals surface area contributed by atoms with E-state index in [1.165, 1.54) is 0 Å². The molecule has 0 unspecified atom stereocenters. The van der Waals surface area contributed by atoms with E-state index in [1.807, 2.05) is 0 Å². The molecular weight excluding hydrogens is 228 g/mol. The van der Waals surface area contributed by atoms with Gasteiger partial charge in [0.25, 0.3) is 0 Å². The van der Waals surface area contributed by atoms with E-state index >= 15 is 0 Å². The van der Waals surface area contributed by atoms with Crippen molar-refractivity contribution in [2.45, 2.75) is 0 Å². The quantitative estimate of drug-likeness (QED) is 0.521. The normalized spacial score (nSPS) is 0. The van der Waals surface area contributed by atoms with Crippen LogP contribution in [0.15, 0.2) is 0 Å². The van der Waals surface area contributed by atoms with E-state index in [-0.39, 0.29) is 93.4 Å². The summed E-state index contributed by atoms with van der Waals surface area (Å²) < 4.78 is 0. The zero-order valence-electron chi connectivity index (χ0n) is 2.44. The molecule has 0 aromatic carbocycles. The van der Waals surface area contributed by atoms with Crippen LogP contribution in [0.5, 0.6) is 0 Å². The Hall–Kier alpha value is 2.87. The Morgan fingerprint density at radius 3 is 1.00 bits per heavy atom. The van der Waals surface area contributed by atoms with E-state index in [4.69, 9.17) is 0 Å². The minimum Gasteiger partial charge on any atom is 0 e. The molecule has 0 N–H and O–H groups in total. The number of rotatable bonds is 0. The van der Waals surface area contributed by atoms with E-state index in [0.29, 0.717) is 0 Å². The molecule has 0 rings (SSSR count). The molecule has 0 atom stereocenters. The molecule has 0 saturated heterocycles. The summed E-state index contributed by atoms with van der Waals surface area (Å²) in [4.78, 5) is 0. The van der Waals surface area contributed by atoms with Gasteiger partial charge in [0.2, 0.25) is 0 Å². The second-order valence-electron chi connectivity index (χ2n) is 0. The first kappa shape index (κ1) is 45.1. The van der Waals surface area contributed by atoms with Gasteiger partial charge >= 0.3 is 0 Å². The summed E-state index contributed by atoms with van der Waals surface area (Å²) in [6, 6.07) is 0. The Labute approximate surface area is 91.9 Å². The van der Waals surface area contributed by atoms with Gasteiger partial charge in [0.1, 0.15) is 0 Å². The molecule has 0 spiro atoms. The van der Waals surface area contributed by atoms with Crippen molar-refractivity contribution in [3.63, 3.8) is 0 Å².